The largest absolute Gasteiger partial charge is 0.396 e. The van der Waals surface area contributed by atoms with E-state index in [1.54, 1.807) is 6.92 Å². The lowest BCUT2D eigenvalue weighted by atomic mass is 9.90. The fraction of sp³-hybridized carbons (Fsp3) is 0.533. The van der Waals surface area contributed by atoms with Crippen LogP contribution in [0, 0.1) is 17.0 Å². The molecule has 1 aromatic carbocycles. The fourth-order valence-corrected chi connectivity index (χ4v) is 1.89. The lowest BCUT2D eigenvalue weighted by Gasteiger charge is -2.24. The summed E-state index contributed by atoms with van der Waals surface area (Å²) in [6.45, 7) is 5.83. The van der Waals surface area contributed by atoms with Crippen molar-refractivity contribution in [3.8, 4) is 0 Å². The zero-order valence-corrected chi connectivity index (χ0v) is 12.5. The number of hydrogen-bond donors (Lipinski definition) is 3. The number of rotatable bonds is 6. The second-order valence-electron chi connectivity index (χ2n) is 5.83. The third-order valence-corrected chi connectivity index (χ3v) is 3.31. The number of amides is 2. The van der Waals surface area contributed by atoms with Crippen molar-refractivity contribution in [1.29, 1.82) is 0 Å². The Labute approximate surface area is 123 Å². The number of carbonyl (C=O) groups is 1. The molecular weight excluding hydrogens is 278 g/mol. The summed E-state index contributed by atoms with van der Waals surface area (Å²) in [4.78, 5) is 11.8. The molecule has 0 saturated heterocycles. The van der Waals surface area contributed by atoms with Gasteiger partial charge >= 0.3 is 6.03 Å². The molecule has 0 aromatic heterocycles. The highest BCUT2D eigenvalue weighted by atomic mass is 19.2. The normalized spacial score (nSPS) is 12.9. The first-order chi connectivity index (χ1) is 9.76. The highest BCUT2D eigenvalue weighted by Gasteiger charge is 2.20. The molecule has 3 N–H and O–H groups in total. The quantitative estimate of drug-likeness (QED) is 0.756. The van der Waals surface area contributed by atoms with Crippen LogP contribution in [-0.2, 0) is 0 Å². The third-order valence-electron chi connectivity index (χ3n) is 3.31. The average molecular weight is 300 g/mol. The maximum atomic E-state index is 13.6. The molecule has 0 spiro atoms. The Balaban J connectivity index is 2.57. The molecule has 0 aliphatic rings. The van der Waals surface area contributed by atoms with Crippen LogP contribution in [0.25, 0.3) is 0 Å². The van der Waals surface area contributed by atoms with Gasteiger partial charge in [0.05, 0.1) is 6.04 Å². The molecule has 0 aliphatic heterocycles. The zero-order valence-electron chi connectivity index (χ0n) is 12.5. The molecule has 1 unspecified atom stereocenters. The van der Waals surface area contributed by atoms with Crippen molar-refractivity contribution < 1.29 is 18.7 Å². The SMILES string of the molecule is CC(NC(=O)NCC(C)(C)CCO)c1cccc(F)c1F. The van der Waals surface area contributed by atoms with Gasteiger partial charge in [0.15, 0.2) is 11.6 Å². The first kappa shape index (κ1) is 17.4. The van der Waals surface area contributed by atoms with Gasteiger partial charge in [-0.15, -0.1) is 0 Å². The number of urea groups is 1. The third kappa shape index (κ3) is 5.30. The van der Waals surface area contributed by atoms with E-state index in [9.17, 15) is 13.6 Å². The van der Waals surface area contributed by atoms with Gasteiger partial charge in [0, 0.05) is 18.7 Å². The minimum Gasteiger partial charge on any atom is -0.396 e. The van der Waals surface area contributed by atoms with Gasteiger partial charge in [0.2, 0.25) is 0 Å². The number of hydrogen-bond acceptors (Lipinski definition) is 2. The summed E-state index contributed by atoms with van der Waals surface area (Å²) >= 11 is 0. The lowest BCUT2D eigenvalue weighted by molar-refractivity contribution is 0.200. The van der Waals surface area contributed by atoms with Crippen LogP contribution in [0.2, 0.25) is 0 Å². The highest BCUT2D eigenvalue weighted by molar-refractivity contribution is 5.74. The minimum atomic E-state index is -0.953. The van der Waals surface area contributed by atoms with E-state index >= 15 is 0 Å². The van der Waals surface area contributed by atoms with E-state index in [0.717, 1.165) is 6.07 Å². The summed E-state index contributed by atoms with van der Waals surface area (Å²) in [7, 11) is 0. The molecule has 6 heteroatoms. The molecule has 0 heterocycles. The standard InChI is InChI=1S/C15H22F2N2O2/c1-10(11-5-4-6-12(16)13(11)17)19-14(21)18-9-15(2,3)7-8-20/h4-6,10,20H,7-9H2,1-3H3,(H2,18,19,21). The van der Waals surface area contributed by atoms with E-state index in [0.29, 0.717) is 13.0 Å². The van der Waals surface area contributed by atoms with Crippen LogP contribution >= 0.6 is 0 Å². The first-order valence-corrected chi connectivity index (χ1v) is 6.86. The first-order valence-electron chi connectivity index (χ1n) is 6.86. The van der Waals surface area contributed by atoms with E-state index in [4.69, 9.17) is 5.11 Å². The second-order valence-corrected chi connectivity index (χ2v) is 5.83. The molecular formula is C15H22F2N2O2. The van der Waals surface area contributed by atoms with Crippen molar-refractivity contribution in [3.05, 3.63) is 35.4 Å². The molecule has 1 atom stereocenters. The van der Waals surface area contributed by atoms with Crippen LogP contribution in [0.15, 0.2) is 18.2 Å². The highest BCUT2D eigenvalue weighted by Crippen LogP contribution is 2.20. The van der Waals surface area contributed by atoms with Crippen LogP contribution in [0.1, 0.15) is 38.8 Å². The summed E-state index contributed by atoms with van der Waals surface area (Å²) in [5.74, 6) is -1.89. The smallest absolute Gasteiger partial charge is 0.315 e. The predicted octanol–water partition coefficient (Wildman–Crippen LogP) is 2.73. The Kier molecular flexibility index (Phi) is 6.08. The van der Waals surface area contributed by atoms with Crippen molar-refractivity contribution >= 4 is 6.03 Å². The molecule has 0 aliphatic carbocycles. The molecule has 118 valence electrons. The Bertz CT molecular complexity index is 493. The van der Waals surface area contributed by atoms with Gasteiger partial charge in [-0.3, -0.25) is 0 Å². The molecule has 4 nitrogen and oxygen atoms in total. The maximum Gasteiger partial charge on any atom is 0.315 e. The van der Waals surface area contributed by atoms with Gasteiger partial charge in [-0.25, -0.2) is 13.6 Å². The topological polar surface area (TPSA) is 61.4 Å². The number of aliphatic hydroxyl groups is 1. The number of halogens is 2. The minimum absolute atomic E-state index is 0.0429. The number of carbonyl (C=O) groups excluding carboxylic acids is 1. The van der Waals surface area contributed by atoms with Gasteiger partial charge in [0.25, 0.3) is 0 Å². The second kappa shape index (κ2) is 7.36. The molecule has 0 saturated carbocycles. The molecule has 0 radical (unpaired) electrons. The zero-order chi connectivity index (χ0) is 16.0. The Morgan fingerprint density at radius 1 is 1.38 bits per heavy atom. The van der Waals surface area contributed by atoms with Crippen LogP contribution in [0.3, 0.4) is 0 Å². The van der Waals surface area contributed by atoms with Crippen molar-refractivity contribution in [1.82, 2.24) is 10.6 Å². The van der Waals surface area contributed by atoms with E-state index in [2.05, 4.69) is 10.6 Å². The van der Waals surface area contributed by atoms with Gasteiger partial charge in [-0.05, 0) is 24.8 Å². The molecule has 1 rings (SSSR count). The van der Waals surface area contributed by atoms with Gasteiger partial charge in [0.1, 0.15) is 0 Å². The maximum absolute atomic E-state index is 13.6. The molecule has 2 amide bonds. The van der Waals surface area contributed by atoms with Crippen molar-refractivity contribution in [2.24, 2.45) is 5.41 Å². The Hall–Kier alpha value is -1.69. The molecule has 1 aromatic rings. The summed E-state index contributed by atoms with van der Waals surface area (Å²) in [6.07, 6.45) is 0.557. The van der Waals surface area contributed by atoms with Crippen LogP contribution < -0.4 is 10.6 Å². The van der Waals surface area contributed by atoms with Gasteiger partial charge in [-0.2, -0.15) is 0 Å². The van der Waals surface area contributed by atoms with Crippen LogP contribution in [0.5, 0.6) is 0 Å². The van der Waals surface area contributed by atoms with E-state index in [1.165, 1.54) is 12.1 Å². The van der Waals surface area contributed by atoms with Crippen molar-refractivity contribution in [2.45, 2.75) is 33.2 Å². The van der Waals surface area contributed by atoms with Crippen LogP contribution in [-0.4, -0.2) is 24.3 Å². The van der Waals surface area contributed by atoms with Crippen LogP contribution in [0.4, 0.5) is 13.6 Å². The monoisotopic (exact) mass is 300 g/mol. The number of benzene rings is 1. The van der Waals surface area contributed by atoms with E-state index in [1.807, 2.05) is 13.8 Å². The lowest BCUT2D eigenvalue weighted by Crippen LogP contribution is -2.42. The summed E-state index contributed by atoms with van der Waals surface area (Å²) in [5, 5.41) is 14.1. The average Bonchev–Trinajstić information content (AvgIpc) is 2.39. The predicted molar refractivity (Wildman–Crippen MR) is 76.8 cm³/mol. The van der Waals surface area contributed by atoms with E-state index in [-0.39, 0.29) is 17.6 Å². The fourth-order valence-electron chi connectivity index (χ4n) is 1.89. The Morgan fingerprint density at radius 3 is 2.67 bits per heavy atom. The summed E-state index contributed by atoms with van der Waals surface area (Å²) in [5.41, 5.74) is -0.140. The van der Waals surface area contributed by atoms with Crippen molar-refractivity contribution in [2.75, 3.05) is 13.2 Å². The van der Waals surface area contributed by atoms with Gasteiger partial charge in [-0.1, -0.05) is 26.0 Å². The molecule has 0 bridgehead atoms. The summed E-state index contributed by atoms with van der Waals surface area (Å²) < 4.78 is 26.7. The van der Waals surface area contributed by atoms with Crippen molar-refractivity contribution in [3.63, 3.8) is 0 Å². The molecule has 0 fully saturated rings. The van der Waals surface area contributed by atoms with Gasteiger partial charge < -0.3 is 15.7 Å². The summed E-state index contributed by atoms with van der Waals surface area (Å²) in [6, 6.07) is 2.75. The number of aliphatic hydroxyl groups excluding tert-OH is 1. The molecule has 21 heavy (non-hydrogen) atoms. The number of nitrogens with one attached hydrogen (secondary N) is 2. The van der Waals surface area contributed by atoms with E-state index < -0.39 is 23.7 Å². The Morgan fingerprint density at radius 2 is 2.05 bits per heavy atom.